The summed E-state index contributed by atoms with van der Waals surface area (Å²) in [5, 5.41) is 2.99. The zero-order valence-electron chi connectivity index (χ0n) is 20.1. The average Bonchev–Trinajstić information content (AvgIpc) is 3.47. The number of benzene rings is 2. The third-order valence-electron chi connectivity index (χ3n) is 5.98. The highest BCUT2D eigenvalue weighted by molar-refractivity contribution is 5.98. The average molecular weight is 448 g/mol. The zero-order valence-corrected chi connectivity index (χ0v) is 20.1. The van der Waals surface area contributed by atoms with E-state index in [0.29, 0.717) is 23.9 Å². The molecule has 6 heteroatoms. The molecule has 1 unspecified atom stereocenters. The van der Waals surface area contributed by atoms with Crippen molar-refractivity contribution >= 4 is 11.6 Å². The second-order valence-corrected chi connectivity index (χ2v) is 9.81. The van der Waals surface area contributed by atoms with Crippen LogP contribution in [0.3, 0.4) is 0 Å². The molecule has 1 aliphatic rings. The smallest absolute Gasteiger partial charge is 0.274 e. The summed E-state index contributed by atoms with van der Waals surface area (Å²) in [5.41, 5.74) is 4.25. The first-order valence-electron chi connectivity index (χ1n) is 11.5. The van der Waals surface area contributed by atoms with Crippen molar-refractivity contribution < 1.29 is 13.9 Å². The summed E-state index contributed by atoms with van der Waals surface area (Å²) >= 11 is 0. The van der Waals surface area contributed by atoms with Crippen molar-refractivity contribution in [3.05, 3.63) is 59.8 Å². The third-order valence-corrected chi connectivity index (χ3v) is 5.98. The maximum absolute atomic E-state index is 13.1. The van der Waals surface area contributed by atoms with E-state index < -0.39 is 0 Å². The molecule has 0 spiro atoms. The molecule has 1 amide bonds. The van der Waals surface area contributed by atoms with Crippen molar-refractivity contribution in [1.82, 2.24) is 10.3 Å². The van der Waals surface area contributed by atoms with Gasteiger partial charge in [0.05, 0.1) is 6.10 Å². The van der Waals surface area contributed by atoms with Crippen LogP contribution in [0.5, 0.6) is 0 Å². The Labute approximate surface area is 196 Å². The first-order valence-corrected chi connectivity index (χ1v) is 11.5. The van der Waals surface area contributed by atoms with Crippen molar-refractivity contribution in [1.29, 1.82) is 0 Å². The molecule has 1 aliphatic heterocycles. The number of carbonyl (C=O) groups is 1. The molecule has 1 fully saturated rings. The van der Waals surface area contributed by atoms with E-state index in [1.165, 1.54) is 5.56 Å². The minimum absolute atomic E-state index is 0.0558. The molecule has 2 heterocycles. The SMILES string of the molecule is CN(C)c1cccc(-c2oc(-c3ccc(C(C)(C)C)cc3)nc2C(=O)NCC2CCCO2)c1. The van der Waals surface area contributed by atoms with Gasteiger partial charge in [-0.1, -0.05) is 45.0 Å². The Morgan fingerprint density at radius 2 is 1.88 bits per heavy atom. The predicted octanol–water partition coefficient (Wildman–Crippen LogP) is 5.28. The number of carbonyl (C=O) groups excluding carboxylic acids is 1. The van der Waals surface area contributed by atoms with Gasteiger partial charge in [-0.15, -0.1) is 0 Å². The van der Waals surface area contributed by atoms with Crippen LogP contribution in [0.2, 0.25) is 0 Å². The summed E-state index contributed by atoms with van der Waals surface area (Å²) in [6, 6.07) is 16.1. The Balaban J connectivity index is 1.69. The molecule has 0 saturated carbocycles. The maximum atomic E-state index is 13.1. The van der Waals surface area contributed by atoms with E-state index in [9.17, 15) is 4.79 Å². The monoisotopic (exact) mass is 447 g/mol. The van der Waals surface area contributed by atoms with Gasteiger partial charge in [0.1, 0.15) is 0 Å². The number of hydrogen-bond acceptors (Lipinski definition) is 5. The van der Waals surface area contributed by atoms with Crippen LogP contribution in [0.25, 0.3) is 22.8 Å². The van der Waals surface area contributed by atoms with E-state index in [1.807, 2.05) is 55.4 Å². The highest BCUT2D eigenvalue weighted by Gasteiger charge is 2.24. The highest BCUT2D eigenvalue weighted by atomic mass is 16.5. The van der Waals surface area contributed by atoms with Crippen molar-refractivity contribution in [2.45, 2.75) is 45.1 Å². The molecular formula is C27H33N3O3. The van der Waals surface area contributed by atoms with Gasteiger partial charge in [0.15, 0.2) is 11.5 Å². The van der Waals surface area contributed by atoms with Crippen molar-refractivity contribution in [3.8, 4) is 22.8 Å². The lowest BCUT2D eigenvalue weighted by molar-refractivity contribution is 0.0854. The predicted molar refractivity (Wildman–Crippen MR) is 132 cm³/mol. The molecule has 0 radical (unpaired) electrons. The number of aromatic nitrogens is 1. The number of ether oxygens (including phenoxy) is 1. The molecule has 174 valence electrons. The lowest BCUT2D eigenvalue weighted by atomic mass is 9.87. The molecule has 1 atom stereocenters. The van der Waals surface area contributed by atoms with Gasteiger partial charge in [0.2, 0.25) is 5.89 Å². The first kappa shape index (κ1) is 23.1. The quantitative estimate of drug-likeness (QED) is 0.557. The molecule has 1 aromatic heterocycles. The second kappa shape index (κ2) is 9.40. The molecule has 6 nitrogen and oxygen atoms in total. The third kappa shape index (κ3) is 5.28. The zero-order chi connectivity index (χ0) is 23.6. The van der Waals surface area contributed by atoms with Crippen LogP contribution >= 0.6 is 0 Å². The summed E-state index contributed by atoms with van der Waals surface area (Å²) in [4.78, 5) is 19.8. The Morgan fingerprint density at radius 1 is 1.12 bits per heavy atom. The summed E-state index contributed by atoms with van der Waals surface area (Å²) in [6.45, 7) is 7.76. The van der Waals surface area contributed by atoms with Crippen LogP contribution in [-0.4, -0.2) is 44.2 Å². The maximum Gasteiger partial charge on any atom is 0.274 e. The van der Waals surface area contributed by atoms with Crippen molar-refractivity contribution in [2.75, 3.05) is 32.1 Å². The van der Waals surface area contributed by atoms with Crippen LogP contribution in [0.1, 0.15) is 49.7 Å². The molecule has 4 rings (SSSR count). The summed E-state index contributed by atoms with van der Waals surface area (Å²) in [6.07, 6.45) is 2.05. The lowest BCUT2D eigenvalue weighted by Gasteiger charge is -2.18. The van der Waals surface area contributed by atoms with Crippen LogP contribution in [-0.2, 0) is 10.2 Å². The second-order valence-electron chi connectivity index (χ2n) is 9.81. The molecule has 1 saturated heterocycles. The van der Waals surface area contributed by atoms with Gasteiger partial charge in [-0.3, -0.25) is 4.79 Å². The van der Waals surface area contributed by atoms with Gasteiger partial charge in [-0.25, -0.2) is 4.98 Å². The fraction of sp³-hybridized carbons (Fsp3) is 0.407. The number of anilines is 1. The van der Waals surface area contributed by atoms with E-state index in [4.69, 9.17) is 9.15 Å². The summed E-state index contributed by atoms with van der Waals surface area (Å²) in [7, 11) is 3.97. The molecule has 1 N–H and O–H groups in total. The fourth-order valence-corrected chi connectivity index (χ4v) is 3.93. The van der Waals surface area contributed by atoms with E-state index >= 15 is 0 Å². The molecule has 0 bridgehead atoms. The minimum atomic E-state index is -0.253. The molecule has 2 aromatic carbocycles. The highest BCUT2D eigenvalue weighted by Crippen LogP contribution is 2.33. The van der Waals surface area contributed by atoms with Crippen LogP contribution in [0, 0.1) is 0 Å². The summed E-state index contributed by atoms with van der Waals surface area (Å²) in [5.74, 6) is 0.651. The standard InChI is InChI=1S/C27H33N3O3/c1-27(2,3)20-13-11-18(12-14-20)26-29-23(25(31)28-17-22-10-7-15-32-22)24(33-26)19-8-6-9-21(16-19)30(4)5/h6,8-9,11-14,16,22H,7,10,15,17H2,1-5H3,(H,28,31). The molecule has 0 aliphatic carbocycles. The van der Waals surface area contributed by atoms with Gasteiger partial charge in [-0.05, 0) is 48.1 Å². The molecular weight excluding hydrogens is 414 g/mol. The number of nitrogens with zero attached hydrogens (tertiary/aromatic N) is 2. The van der Waals surface area contributed by atoms with Gasteiger partial charge in [0.25, 0.3) is 5.91 Å². The van der Waals surface area contributed by atoms with Crippen LogP contribution < -0.4 is 10.2 Å². The van der Waals surface area contributed by atoms with Crippen molar-refractivity contribution in [3.63, 3.8) is 0 Å². The normalized spacial score (nSPS) is 16.1. The van der Waals surface area contributed by atoms with Crippen molar-refractivity contribution in [2.24, 2.45) is 0 Å². The summed E-state index contributed by atoms with van der Waals surface area (Å²) < 4.78 is 11.9. The number of rotatable bonds is 6. The van der Waals surface area contributed by atoms with Gasteiger partial charge < -0.3 is 19.4 Å². The van der Waals surface area contributed by atoms with E-state index in [2.05, 4.69) is 43.2 Å². The van der Waals surface area contributed by atoms with Gasteiger partial charge >= 0.3 is 0 Å². The minimum Gasteiger partial charge on any atom is -0.435 e. The topological polar surface area (TPSA) is 67.6 Å². The van der Waals surface area contributed by atoms with Gasteiger partial charge in [-0.2, -0.15) is 0 Å². The Bertz CT molecular complexity index is 1100. The molecule has 33 heavy (non-hydrogen) atoms. The number of oxazole rings is 1. The molecule has 3 aromatic rings. The van der Waals surface area contributed by atoms with Crippen LogP contribution in [0.15, 0.2) is 52.9 Å². The van der Waals surface area contributed by atoms with E-state index in [-0.39, 0.29) is 17.4 Å². The Morgan fingerprint density at radius 3 is 2.52 bits per heavy atom. The number of nitrogens with one attached hydrogen (secondary N) is 1. The number of hydrogen-bond donors (Lipinski definition) is 1. The van der Waals surface area contributed by atoms with E-state index in [1.54, 1.807) is 0 Å². The first-order chi connectivity index (χ1) is 15.7. The van der Waals surface area contributed by atoms with E-state index in [0.717, 1.165) is 36.3 Å². The van der Waals surface area contributed by atoms with Gasteiger partial charge in [0, 0.05) is 44.1 Å². The number of amides is 1. The largest absolute Gasteiger partial charge is 0.435 e. The fourth-order valence-electron chi connectivity index (χ4n) is 3.93. The lowest BCUT2D eigenvalue weighted by Crippen LogP contribution is -2.32. The Hall–Kier alpha value is -3.12. The Kier molecular flexibility index (Phi) is 6.56. The van der Waals surface area contributed by atoms with Crippen LogP contribution in [0.4, 0.5) is 5.69 Å².